The SMILES string of the molecule is CCOc1ccc(OCC(N)c2cccc(F)c2)cc1. The van der Waals surface area contributed by atoms with Crippen molar-refractivity contribution in [2.45, 2.75) is 13.0 Å². The van der Waals surface area contributed by atoms with Gasteiger partial charge in [0.15, 0.2) is 0 Å². The number of ether oxygens (including phenoxy) is 2. The van der Waals surface area contributed by atoms with Gasteiger partial charge in [0.1, 0.15) is 23.9 Å². The van der Waals surface area contributed by atoms with E-state index in [9.17, 15) is 4.39 Å². The minimum absolute atomic E-state index is 0.289. The van der Waals surface area contributed by atoms with Crippen molar-refractivity contribution in [3.8, 4) is 11.5 Å². The van der Waals surface area contributed by atoms with Gasteiger partial charge in [-0.25, -0.2) is 4.39 Å². The summed E-state index contributed by atoms with van der Waals surface area (Å²) in [5.41, 5.74) is 6.69. The average Bonchev–Trinajstić information content (AvgIpc) is 2.46. The van der Waals surface area contributed by atoms with Crippen molar-refractivity contribution in [2.75, 3.05) is 13.2 Å². The fourth-order valence-electron chi connectivity index (χ4n) is 1.82. The Morgan fingerprint density at radius 1 is 1.05 bits per heavy atom. The van der Waals surface area contributed by atoms with Crippen LogP contribution in [-0.2, 0) is 0 Å². The Balaban J connectivity index is 1.91. The molecule has 0 bridgehead atoms. The Hall–Kier alpha value is -2.07. The van der Waals surface area contributed by atoms with Crippen LogP contribution in [0.4, 0.5) is 4.39 Å². The second-order valence-corrected chi connectivity index (χ2v) is 4.38. The fraction of sp³-hybridized carbons (Fsp3) is 0.250. The molecule has 0 spiro atoms. The first-order valence-electron chi connectivity index (χ1n) is 6.55. The maximum atomic E-state index is 13.1. The van der Waals surface area contributed by atoms with E-state index in [1.54, 1.807) is 12.1 Å². The molecular weight excluding hydrogens is 257 g/mol. The van der Waals surface area contributed by atoms with Gasteiger partial charge in [0, 0.05) is 0 Å². The Bertz CT molecular complexity index is 542. The molecule has 0 saturated carbocycles. The Labute approximate surface area is 118 Å². The molecule has 0 amide bonds. The molecule has 106 valence electrons. The summed E-state index contributed by atoms with van der Waals surface area (Å²) in [6, 6.07) is 13.2. The molecule has 0 aliphatic rings. The molecule has 20 heavy (non-hydrogen) atoms. The first kappa shape index (κ1) is 14.3. The monoisotopic (exact) mass is 275 g/mol. The molecule has 2 N–H and O–H groups in total. The second-order valence-electron chi connectivity index (χ2n) is 4.38. The van der Waals surface area contributed by atoms with Gasteiger partial charge in [-0.2, -0.15) is 0 Å². The third-order valence-electron chi connectivity index (χ3n) is 2.84. The molecule has 2 aromatic rings. The van der Waals surface area contributed by atoms with Crippen LogP contribution >= 0.6 is 0 Å². The molecule has 0 fully saturated rings. The van der Waals surface area contributed by atoms with Crippen LogP contribution in [0.25, 0.3) is 0 Å². The van der Waals surface area contributed by atoms with Crippen molar-refractivity contribution >= 4 is 0 Å². The molecule has 0 radical (unpaired) electrons. The number of halogens is 1. The third-order valence-corrected chi connectivity index (χ3v) is 2.84. The normalized spacial score (nSPS) is 11.9. The molecular formula is C16H18FNO2. The van der Waals surface area contributed by atoms with E-state index in [0.717, 1.165) is 11.3 Å². The molecule has 0 aromatic heterocycles. The zero-order valence-electron chi connectivity index (χ0n) is 11.4. The van der Waals surface area contributed by atoms with Crippen LogP contribution in [0.15, 0.2) is 48.5 Å². The average molecular weight is 275 g/mol. The lowest BCUT2D eigenvalue weighted by Crippen LogP contribution is -2.19. The molecule has 0 aliphatic heterocycles. The van der Waals surface area contributed by atoms with Gasteiger partial charge < -0.3 is 15.2 Å². The fourth-order valence-corrected chi connectivity index (χ4v) is 1.82. The predicted molar refractivity (Wildman–Crippen MR) is 76.4 cm³/mol. The first-order valence-corrected chi connectivity index (χ1v) is 6.55. The van der Waals surface area contributed by atoms with E-state index < -0.39 is 0 Å². The minimum Gasteiger partial charge on any atom is -0.494 e. The largest absolute Gasteiger partial charge is 0.494 e. The summed E-state index contributed by atoms with van der Waals surface area (Å²) in [6.07, 6.45) is 0. The van der Waals surface area contributed by atoms with E-state index in [4.69, 9.17) is 15.2 Å². The highest BCUT2D eigenvalue weighted by atomic mass is 19.1. The molecule has 1 unspecified atom stereocenters. The molecule has 2 aromatic carbocycles. The maximum absolute atomic E-state index is 13.1. The zero-order chi connectivity index (χ0) is 14.4. The van der Waals surface area contributed by atoms with Crippen LogP contribution in [0, 0.1) is 5.82 Å². The summed E-state index contributed by atoms with van der Waals surface area (Å²) < 4.78 is 24.0. The Kier molecular flexibility index (Phi) is 4.96. The minimum atomic E-state index is -0.364. The number of rotatable bonds is 6. The van der Waals surface area contributed by atoms with Gasteiger partial charge in [0.05, 0.1) is 12.6 Å². The van der Waals surface area contributed by atoms with Crippen LogP contribution in [0.3, 0.4) is 0 Å². The van der Waals surface area contributed by atoms with Gasteiger partial charge >= 0.3 is 0 Å². The summed E-state index contributed by atoms with van der Waals surface area (Å²) in [4.78, 5) is 0. The number of benzene rings is 2. The topological polar surface area (TPSA) is 44.5 Å². The van der Waals surface area contributed by atoms with Crippen LogP contribution in [0.2, 0.25) is 0 Å². The lowest BCUT2D eigenvalue weighted by atomic mass is 10.1. The predicted octanol–water partition coefficient (Wildman–Crippen LogP) is 3.30. The summed E-state index contributed by atoms with van der Waals surface area (Å²) in [5, 5.41) is 0. The van der Waals surface area contributed by atoms with Gasteiger partial charge in [0.25, 0.3) is 0 Å². The smallest absolute Gasteiger partial charge is 0.123 e. The molecule has 0 aliphatic carbocycles. The van der Waals surface area contributed by atoms with Crippen molar-refractivity contribution in [3.05, 3.63) is 59.9 Å². The quantitative estimate of drug-likeness (QED) is 0.879. The lowest BCUT2D eigenvalue weighted by Gasteiger charge is -2.14. The van der Waals surface area contributed by atoms with E-state index >= 15 is 0 Å². The number of hydrogen-bond donors (Lipinski definition) is 1. The highest BCUT2D eigenvalue weighted by molar-refractivity contribution is 5.31. The number of hydrogen-bond acceptors (Lipinski definition) is 3. The van der Waals surface area contributed by atoms with Gasteiger partial charge in [-0.05, 0) is 48.9 Å². The Morgan fingerprint density at radius 2 is 1.70 bits per heavy atom. The second kappa shape index (κ2) is 6.91. The molecule has 0 saturated heterocycles. The summed E-state index contributed by atoms with van der Waals surface area (Å²) in [5.74, 6) is 1.22. The number of nitrogens with two attached hydrogens (primary N) is 1. The van der Waals surface area contributed by atoms with Crippen molar-refractivity contribution in [2.24, 2.45) is 5.73 Å². The van der Waals surface area contributed by atoms with Gasteiger partial charge in [-0.1, -0.05) is 12.1 Å². The maximum Gasteiger partial charge on any atom is 0.123 e. The van der Waals surface area contributed by atoms with Crippen LogP contribution in [-0.4, -0.2) is 13.2 Å². The van der Waals surface area contributed by atoms with Crippen molar-refractivity contribution < 1.29 is 13.9 Å². The van der Waals surface area contributed by atoms with E-state index in [1.807, 2.05) is 31.2 Å². The van der Waals surface area contributed by atoms with Crippen molar-refractivity contribution in [1.82, 2.24) is 0 Å². The lowest BCUT2D eigenvalue weighted by molar-refractivity contribution is 0.289. The highest BCUT2D eigenvalue weighted by Gasteiger charge is 2.08. The molecule has 4 heteroatoms. The van der Waals surface area contributed by atoms with Gasteiger partial charge in [-0.15, -0.1) is 0 Å². The molecule has 1 atom stereocenters. The van der Waals surface area contributed by atoms with E-state index in [0.29, 0.717) is 12.4 Å². The van der Waals surface area contributed by atoms with E-state index in [-0.39, 0.29) is 18.5 Å². The molecule has 2 rings (SSSR count). The Morgan fingerprint density at radius 3 is 2.30 bits per heavy atom. The zero-order valence-corrected chi connectivity index (χ0v) is 11.4. The summed E-state index contributed by atoms with van der Waals surface area (Å²) >= 11 is 0. The highest BCUT2D eigenvalue weighted by Crippen LogP contribution is 2.19. The van der Waals surface area contributed by atoms with Gasteiger partial charge in [0.2, 0.25) is 0 Å². The van der Waals surface area contributed by atoms with Crippen LogP contribution in [0.5, 0.6) is 11.5 Å². The summed E-state index contributed by atoms with van der Waals surface area (Å²) in [6.45, 7) is 2.85. The van der Waals surface area contributed by atoms with Gasteiger partial charge in [-0.3, -0.25) is 0 Å². The first-order chi connectivity index (χ1) is 9.69. The molecule has 3 nitrogen and oxygen atoms in total. The van der Waals surface area contributed by atoms with Crippen LogP contribution < -0.4 is 15.2 Å². The third kappa shape index (κ3) is 3.96. The molecule has 0 heterocycles. The van der Waals surface area contributed by atoms with Crippen LogP contribution in [0.1, 0.15) is 18.5 Å². The van der Waals surface area contributed by atoms with Crippen molar-refractivity contribution in [3.63, 3.8) is 0 Å². The standard InChI is InChI=1S/C16H18FNO2/c1-2-19-14-6-8-15(9-7-14)20-11-16(18)12-4-3-5-13(17)10-12/h3-10,16H,2,11,18H2,1H3. The van der Waals surface area contributed by atoms with E-state index in [2.05, 4.69) is 0 Å². The summed E-state index contributed by atoms with van der Waals surface area (Å²) in [7, 11) is 0. The van der Waals surface area contributed by atoms with Crippen molar-refractivity contribution in [1.29, 1.82) is 0 Å². The van der Waals surface area contributed by atoms with E-state index in [1.165, 1.54) is 12.1 Å².